The number of hydrazine groups is 1. The molecule has 0 spiro atoms. The summed E-state index contributed by atoms with van der Waals surface area (Å²) in [4.78, 5) is 15.1. The Balaban J connectivity index is 2.10. The first kappa shape index (κ1) is 15.5. The predicted molar refractivity (Wildman–Crippen MR) is 83.5 cm³/mol. The Morgan fingerprint density at radius 3 is 2.80 bits per heavy atom. The quantitative estimate of drug-likeness (QED) is 0.482. The Kier molecular flexibility index (Phi) is 5.57. The maximum atomic E-state index is 11.8. The van der Waals surface area contributed by atoms with Crippen LogP contribution in [0.5, 0.6) is 0 Å². The van der Waals surface area contributed by atoms with E-state index in [4.69, 9.17) is 5.84 Å². The fraction of sp³-hybridized carbons (Fsp3) is 0.667. The normalized spacial score (nSPS) is 16.2. The molecule has 1 aromatic heterocycles. The van der Waals surface area contributed by atoms with E-state index in [1.54, 1.807) is 0 Å². The minimum atomic E-state index is -0.175. The lowest BCUT2D eigenvalue weighted by Gasteiger charge is -2.30. The highest BCUT2D eigenvalue weighted by atomic mass is 32.1. The third-order valence-corrected chi connectivity index (χ3v) is 4.85. The van der Waals surface area contributed by atoms with Gasteiger partial charge in [-0.3, -0.25) is 15.1 Å². The van der Waals surface area contributed by atoms with Crippen molar-refractivity contribution in [2.45, 2.75) is 52.1 Å². The van der Waals surface area contributed by atoms with Crippen LogP contribution in [0.4, 0.5) is 0 Å². The van der Waals surface area contributed by atoms with Crippen molar-refractivity contribution in [2.24, 2.45) is 11.8 Å². The van der Waals surface area contributed by atoms with Crippen molar-refractivity contribution in [3.8, 4) is 0 Å². The zero-order chi connectivity index (χ0) is 14.5. The molecule has 0 bridgehead atoms. The van der Waals surface area contributed by atoms with Crippen LogP contribution >= 0.6 is 11.3 Å². The summed E-state index contributed by atoms with van der Waals surface area (Å²) in [7, 11) is 0. The van der Waals surface area contributed by atoms with E-state index in [2.05, 4.69) is 30.2 Å². The van der Waals surface area contributed by atoms with Crippen LogP contribution in [0.25, 0.3) is 0 Å². The van der Waals surface area contributed by atoms with E-state index in [1.807, 2.05) is 5.38 Å². The van der Waals surface area contributed by atoms with Gasteiger partial charge in [0.25, 0.3) is 5.91 Å². The highest BCUT2D eigenvalue weighted by Crippen LogP contribution is 2.27. The van der Waals surface area contributed by atoms with E-state index in [0.29, 0.717) is 12.0 Å². The topological polar surface area (TPSA) is 58.4 Å². The second kappa shape index (κ2) is 7.20. The van der Waals surface area contributed by atoms with E-state index in [0.717, 1.165) is 23.5 Å². The molecule has 1 fully saturated rings. The number of hydrogen-bond acceptors (Lipinski definition) is 4. The van der Waals surface area contributed by atoms with Gasteiger partial charge in [0.1, 0.15) is 0 Å². The first-order valence-electron chi connectivity index (χ1n) is 7.43. The number of nitrogens with one attached hydrogen (secondary N) is 1. The molecule has 1 amide bonds. The first-order valence-corrected chi connectivity index (χ1v) is 8.31. The maximum Gasteiger partial charge on any atom is 0.275 e. The van der Waals surface area contributed by atoms with E-state index in [-0.39, 0.29) is 5.91 Å². The number of carbonyl (C=O) groups is 1. The van der Waals surface area contributed by atoms with E-state index >= 15 is 0 Å². The molecule has 4 nitrogen and oxygen atoms in total. The number of rotatable bonds is 6. The lowest BCUT2D eigenvalue weighted by Crippen LogP contribution is -2.36. The highest BCUT2D eigenvalue weighted by Gasteiger charge is 2.25. The summed E-state index contributed by atoms with van der Waals surface area (Å²) < 4.78 is 0. The van der Waals surface area contributed by atoms with Gasteiger partial charge in [-0.1, -0.05) is 26.7 Å². The molecule has 1 heterocycles. The Labute approximate surface area is 125 Å². The molecular formula is C15H25N3OS. The van der Waals surface area contributed by atoms with Crippen molar-refractivity contribution in [3.63, 3.8) is 0 Å². The van der Waals surface area contributed by atoms with Crippen molar-refractivity contribution < 1.29 is 4.79 Å². The Bertz CT molecular complexity index is 438. The Morgan fingerprint density at radius 1 is 1.50 bits per heavy atom. The Hall–Kier alpha value is -0.910. The Morgan fingerprint density at radius 2 is 2.20 bits per heavy atom. The predicted octanol–water partition coefficient (Wildman–Crippen LogP) is 2.75. The smallest absolute Gasteiger partial charge is 0.275 e. The number of nitrogens with two attached hydrogens (primary N) is 1. The molecule has 0 aliphatic heterocycles. The molecule has 0 atom stereocenters. The molecule has 20 heavy (non-hydrogen) atoms. The zero-order valence-corrected chi connectivity index (χ0v) is 13.2. The summed E-state index contributed by atoms with van der Waals surface area (Å²) in [6.07, 6.45) is 5.24. The zero-order valence-electron chi connectivity index (χ0n) is 12.4. The van der Waals surface area contributed by atoms with Crippen LogP contribution in [0.1, 0.15) is 54.8 Å². The molecule has 0 saturated heterocycles. The molecule has 3 N–H and O–H groups in total. The summed E-state index contributed by atoms with van der Waals surface area (Å²) in [6.45, 7) is 6.45. The van der Waals surface area contributed by atoms with Crippen LogP contribution in [0.3, 0.4) is 0 Å². The van der Waals surface area contributed by atoms with Crippen molar-refractivity contribution in [1.29, 1.82) is 0 Å². The molecule has 2 rings (SSSR count). The summed E-state index contributed by atoms with van der Waals surface area (Å²) in [5.41, 5.74) is 3.35. The third-order valence-electron chi connectivity index (χ3n) is 3.90. The van der Waals surface area contributed by atoms with Gasteiger partial charge in [0, 0.05) is 19.1 Å². The second-order valence-electron chi connectivity index (χ2n) is 6.01. The minimum absolute atomic E-state index is 0.175. The average molecular weight is 295 g/mol. The van der Waals surface area contributed by atoms with Crippen molar-refractivity contribution >= 4 is 17.2 Å². The van der Waals surface area contributed by atoms with Crippen molar-refractivity contribution in [2.75, 3.05) is 6.54 Å². The summed E-state index contributed by atoms with van der Waals surface area (Å²) >= 11 is 1.47. The molecular weight excluding hydrogens is 270 g/mol. The minimum Gasteiger partial charge on any atom is -0.296 e. The van der Waals surface area contributed by atoms with Gasteiger partial charge >= 0.3 is 0 Å². The van der Waals surface area contributed by atoms with Gasteiger partial charge in [-0.05, 0) is 35.8 Å². The third kappa shape index (κ3) is 3.81. The molecule has 1 saturated carbocycles. The highest BCUT2D eigenvalue weighted by molar-refractivity contribution is 7.12. The molecule has 1 aliphatic carbocycles. The molecule has 1 aliphatic rings. The lowest BCUT2D eigenvalue weighted by molar-refractivity contribution is 0.0954. The standard InChI is InChI=1S/C15H25N3OS/c1-11(2)9-18(13-5-3-4-6-13)10-12-7-8-20-14(12)15(19)17-16/h7-8,11,13H,3-6,9-10,16H2,1-2H3,(H,17,19). The largest absolute Gasteiger partial charge is 0.296 e. The SMILES string of the molecule is CC(C)CN(Cc1ccsc1C(=O)NN)C1CCCC1. The maximum absolute atomic E-state index is 11.8. The van der Waals surface area contributed by atoms with Gasteiger partial charge in [-0.25, -0.2) is 5.84 Å². The van der Waals surface area contributed by atoms with E-state index in [9.17, 15) is 4.79 Å². The average Bonchev–Trinajstić information content (AvgIpc) is 3.07. The van der Waals surface area contributed by atoms with E-state index in [1.165, 1.54) is 37.0 Å². The molecule has 5 heteroatoms. The molecule has 1 aromatic rings. The van der Waals surface area contributed by atoms with Gasteiger partial charge < -0.3 is 0 Å². The number of nitrogens with zero attached hydrogens (tertiary/aromatic N) is 1. The summed E-state index contributed by atoms with van der Waals surface area (Å²) in [5, 5.41) is 1.97. The van der Waals surface area contributed by atoms with Gasteiger partial charge in [-0.2, -0.15) is 0 Å². The van der Waals surface area contributed by atoms with Gasteiger partial charge in [0.2, 0.25) is 0 Å². The lowest BCUT2D eigenvalue weighted by atomic mass is 10.1. The first-order chi connectivity index (χ1) is 9.61. The van der Waals surface area contributed by atoms with Crippen LogP contribution in [0.2, 0.25) is 0 Å². The summed E-state index contributed by atoms with van der Waals surface area (Å²) in [6, 6.07) is 2.73. The molecule has 0 unspecified atom stereocenters. The molecule has 112 valence electrons. The van der Waals surface area contributed by atoms with Gasteiger partial charge in [0.05, 0.1) is 4.88 Å². The summed E-state index contributed by atoms with van der Waals surface area (Å²) in [5.74, 6) is 5.72. The van der Waals surface area contributed by atoms with Gasteiger partial charge in [0.15, 0.2) is 0 Å². The van der Waals surface area contributed by atoms with Crippen molar-refractivity contribution in [3.05, 3.63) is 21.9 Å². The number of thiophene rings is 1. The molecule has 0 radical (unpaired) electrons. The fourth-order valence-electron chi connectivity index (χ4n) is 3.02. The number of carbonyl (C=O) groups excluding carboxylic acids is 1. The van der Waals surface area contributed by atoms with Crippen LogP contribution in [0.15, 0.2) is 11.4 Å². The van der Waals surface area contributed by atoms with Crippen molar-refractivity contribution in [1.82, 2.24) is 10.3 Å². The van der Waals surface area contributed by atoms with Gasteiger partial charge in [-0.15, -0.1) is 11.3 Å². The second-order valence-corrected chi connectivity index (χ2v) is 6.93. The molecule has 0 aromatic carbocycles. The number of amides is 1. The monoisotopic (exact) mass is 295 g/mol. The fourth-order valence-corrected chi connectivity index (χ4v) is 3.84. The number of nitrogen functional groups attached to an aromatic ring is 1. The van der Waals surface area contributed by atoms with Crippen LogP contribution in [-0.4, -0.2) is 23.4 Å². The van der Waals surface area contributed by atoms with Crippen LogP contribution in [-0.2, 0) is 6.54 Å². The number of hydrogen-bond donors (Lipinski definition) is 2. The van der Waals surface area contributed by atoms with E-state index < -0.39 is 0 Å². The van der Waals surface area contributed by atoms with Crippen LogP contribution < -0.4 is 11.3 Å². The van der Waals surface area contributed by atoms with Crippen LogP contribution in [0, 0.1) is 5.92 Å².